The van der Waals surface area contributed by atoms with Gasteiger partial charge in [0, 0.05) is 39.0 Å². The largest absolute Gasteiger partial charge is 0.336 e. The van der Waals surface area contributed by atoms with Crippen molar-refractivity contribution in [2.75, 3.05) is 0 Å². The van der Waals surface area contributed by atoms with E-state index >= 15 is 0 Å². The molecule has 28 heavy (non-hydrogen) atoms. The highest BCUT2D eigenvalue weighted by Gasteiger charge is 2.12. The lowest BCUT2D eigenvalue weighted by Crippen LogP contribution is -2.34. The van der Waals surface area contributed by atoms with Crippen LogP contribution in [-0.4, -0.2) is 4.57 Å². The number of hydrogen-bond acceptors (Lipinski definition) is 0. The maximum absolute atomic E-state index is 13.1. The fraction of sp³-hybridized carbons (Fsp3) is 0.0800. The zero-order valence-corrected chi connectivity index (χ0v) is 15.4. The Balaban J connectivity index is 1.52. The van der Waals surface area contributed by atoms with Crippen molar-refractivity contribution in [2.24, 2.45) is 0 Å². The second-order valence-corrected chi connectivity index (χ2v) is 7.13. The van der Waals surface area contributed by atoms with Gasteiger partial charge >= 0.3 is 0 Å². The molecule has 0 saturated heterocycles. The number of aromatic nitrogens is 2. The number of para-hydroxylation sites is 2. The summed E-state index contributed by atoms with van der Waals surface area (Å²) in [7, 11) is 0. The monoisotopic (exact) mass is 367 g/mol. The molecule has 5 aromatic rings. The van der Waals surface area contributed by atoms with Gasteiger partial charge in [-0.05, 0) is 42.5 Å². The van der Waals surface area contributed by atoms with Gasteiger partial charge in [0.25, 0.3) is 0 Å². The molecule has 2 aromatic heterocycles. The smallest absolute Gasteiger partial charge is 0.174 e. The molecule has 0 bridgehead atoms. The summed E-state index contributed by atoms with van der Waals surface area (Å²) in [4.78, 5) is 0. The molecule has 0 radical (unpaired) electrons. The molecule has 3 aromatic carbocycles. The Morgan fingerprint density at radius 3 is 2.00 bits per heavy atom. The molecule has 0 N–H and O–H groups in total. The van der Waals surface area contributed by atoms with Crippen LogP contribution in [0.1, 0.15) is 11.1 Å². The molecule has 0 saturated carbocycles. The maximum atomic E-state index is 13.1. The molecule has 0 aliphatic carbocycles. The fourth-order valence-corrected chi connectivity index (χ4v) is 3.92. The minimum atomic E-state index is -0.200. The summed E-state index contributed by atoms with van der Waals surface area (Å²) < 4.78 is 17.7. The summed E-state index contributed by atoms with van der Waals surface area (Å²) in [5.74, 6) is -0.200. The zero-order chi connectivity index (χ0) is 18.9. The third-order valence-corrected chi connectivity index (χ3v) is 5.22. The molecule has 0 fully saturated rings. The van der Waals surface area contributed by atoms with Crippen molar-refractivity contribution >= 4 is 21.8 Å². The van der Waals surface area contributed by atoms with Gasteiger partial charge in [-0.3, -0.25) is 0 Å². The number of hydrogen-bond donors (Lipinski definition) is 0. The molecule has 2 heterocycles. The first kappa shape index (κ1) is 16.7. The number of fused-ring (bicyclic) bond motifs is 3. The quantitative estimate of drug-likeness (QED) is 0.380. The highest BCUT2D eigenvalue weighted by atomic mass is 19.1. The first-order chi connectivity index (χ1) is 13.8. The van der Waals surface area contributed by atoms with Gasteiger partial charge in [0.2, 0.25) is 0 Å². The molecule has 0 aliphatic rings. The van der Waals surface area contributed by atoms with Gasteiger partial charge < -0.3 is 4.57 Å². The fourth-order valence-electron chi connectivity index (χ4n) is 3.92. The van der Waals surface area contributed by atoms with E-state index in [9.17, 15) is 4.39 Å². The van der Waals surface area contributed by atoms with Crippen LogP contribution >= 0.6 is 0 Å². The minimum absolute atomic E-state index is 0.200. The van der Waals surface area contributed by atoms with Crippen LogP contribution in [0, 0.1) is 5.82 Å². The Hall–Kier alpha value is -3.46. The highest BCUT2D eigenvalue weighted by molar-refractivity contribution is 6.08. The van der Waals surface area contributed by atoms with Crippen LogP contribution in [0.25, 0.3) is 21.8 Å². The van der Waals surface area contributed by atoms with E-state index in [1.54, 1.807) is 0 Å². The average molecular weight is 367 g/mol. The summed E-state index contributed by atoms with van der Waals surface area (Å²) in [6.07, 6.45) is 4.23. The summed E-state index contributed by atoms with van der Waals surface area (Å²) in [5, 5.41) is 2.57. The lowest BCUT2D eigenvalue weighted by molar-refractivity contribution is -0.688. The third-order valence-electron chi connectivity index (χ3n) is 5.22. The van der Waals surface area contributed by atoms with Crippen LogP contribution in [0.2, 0.25) is 0 Å². The predicted molar refractivity (Wildman–Crippen MR) is 111 cm³/mol. The molecule has 0 amide bonds. The Morgan fingerprint density at radius 1 is 0.679 bits per heavy atom. The normalized spacial score (nSPS) is 11.3. The second kappa shape index (κ2) is 6.93. The molecule has 0 atom stereocenters. The molecule has 0 unspecified atom stereocenters. The van der Waals surface area contributed by atoms with Crippen LogP contribution < -0.4 is 4.57 Å². The summed E-state index contributed by atoms with van der Waals surface area (Å²) >= 11 is 0. The van der Waals surface area contributed by atoms with Crippen LogP contribution in [-0.2, 0) is 13.1 Å². The van der Waals surface area contributed by atoms with Crippen molar-refractivity contribution in [2.45, 2.75) is 13.1 Å². The average Bonchev–Trinajstić information content (AvgIpc) is 3.04. The van der Waals surface area contributed by atoms with Crippen LogP contribution in [0.3, 0.4) is 0 Å². The van der Waals surface area contributed by atoms with Gasteiger partial charge in [0.1, 0.15) is 5.82 Å². The second-order valence-electron chi connectivity index (χ2n) is 7.13. The SMILES string of the molecule is Fc1ccc(C[n+]2cccc(Cn3c4ccccc4c4ccccc43)c2)cc1. The highest BCUT2D eigenvalue weighted by Crippen LogP contribution is 2.29. The topological polar surface area (TPSA) is 8.81 Å². The number of nitrogens with zero attached hydrogens (tertiary/aromatic N) is 2. The summed E-state index contributed by atoms with van der Waals surface area (Å²) in [6.45, 7) is 1.53. The first-order valence-corrected chi connectivity index (χ1v) is 9.46. The van der Waals surface area contributed by atoms with Gasteiger partial charge in [-0.25, -0.2) is 8.96 Å². The molecule has 5 rings (SSSR count). The molecule has 2 nitrogen and oxygen atoms in total. The van der Waals surface area contributed by atoms with Crippen LogP contribution in [0.5, 0.6) is 0 Å². The van der Waals surface area contributed by atoms with Crippen LogP contribution in [0.4, 0.5) is 4.39 Å². The van der Waals surface area contributed by atoms with Gasteiger partial charge in [-0.1, -0.05) is 36.4 Å². The number of halogens is 1. The van der Waals surface area contributed by atoms with E-state index in [0.29, 0.717) is 0 Å². The summed E-state index contributed by atoms with van der Waals surface area (Å²) in [5.41, 5.74) is 4.81. The van der Waals surface area contributed by atoms with Crippen molar-refractivity contribution in [3.05, 3.63) is 114 Å². The lowest BCUT2D eigenvalue weighted by Gasteiger charge is -2.07. The summed E-state index contributed by atoms with van der Waals surface area (Å²) in [6, 6.07) is 28.1. The van der Waals surface area contributed by atoms with Gasteiger partial charge in [-0.2, -0.15) is 0 Å². The first-order valence-electron chi connectivity index (χ1n) is 9.46. The van der Waals surface area contributed by atoms with Gasteiger partial charge in [0.05, 0.1) is 6.54 Å². The zero-order valence-electron chi connectivity index (χ0n) is 15.4. The lowest BCUT2D eigenvalue weighted by atomic mass is 10.2. The Labute approximate surface area is 163 Å². The van der Waals surface area contributed by atoms with E-state index < -0.39 is 0 Å². The van der Waals surface area contributed by atoms with Gasteiger partial charge in [0.15, 0.2) is 18.9 Å². The Morgan fingerprint density at radius 2 is 1.32 bits per heavy atom. The van der Waals surface area contributed by atoms with Crippen molar-refractivity contribution in [1.82, 2.24) is 4.57 Å². The van der Waals surface area contributed by atoms with Crippen molar-refractivity contribution in [3.63, 3.8) is 0 Å². The van der Waals surface area contributed by atoms with E-state index in [1.807, 2.05) is 12.1 Å². The van der Waals surface area contributed by atoms with E-state index in [-0.39, 0.29) is 5.82 Å². The molecular weight excluding hydrogens is 347 g/mol. The number of pyridine rings is 1. The van der Waals surface area contributed by atoms with E-state index in [4.69, 9.17) is 0 Å². The standard InChI is InChI=1S/C25H20FN2/c26-21-13-11-19(12-14-21)16-27-15-5-6-20(17-27)18-28-24-9-3-1-7-22(24)23-8-2-4-10-25(23)28/h1-15,17H,16,18H2/q+1. The maximum Gasteiger partial charge on any atom is 0.174 e. The van der Waals surface area contributed by atoms with Gasteiger partial charge in [-0.15, -0.1) is 0 Å². The minimum Gasteiger partial charge on any atom is -0.336 e. The van der Waals surface area contributed by atoms with E-state index in [2.05, 4.69) is 82.2 Å². The van der Waals surface area contributed by atoms with Crippen molar-refractivity contribution in [1.29, 1.82) is 0 Å². The van der Waals surface area contributed by atoms with E-state index in [0.717, 1.165) is 18.7 Å². The molecule has 0 aliphatic heterocycles. The van der Waals surface area contributed by atoms with E-state index in [1.165, 1.54) is 39.5 Å². The van der Waals surface area contributed by atoms with Crippen molar-refractivity contribution in [3.8, 4) is 0 Å². The third kappa shape index (κ3) is 3.05. The molecule has 3 heteroatoms. The van der Waals surface area contributed by atoms with Crippen molar-refractivity contribution < 1.29 is 8.96 Å². The molecule has 136 valence electrons. The Kier molecular flexibility index (Phi) is 4.13. The number of rotatable bonds is 4. The molecular formula is C25H20FN2+. The number of benzene rings is 3. The Bertz CT molecular complexity index is 1220. The van der Waals surface area contributed by atoms with Crippen LogP contribution in [0.15, 0.2) is 97.3 Å². The molecule has 0 spiro atoms. The predicted octanol–water partition coefficient (Wildman–Crippen LogP) is 5.32.